The van der Waals surface area contributed by atoms with Crippen LogP contribution in [0.4, 0.5) is 0 Å². The van der Waals surface area contributed by atoms with Crippen LogP contribution in [-0.2, 0) is 0 Å². The molecule has 1 nitrogen and oxygen atoms in total. The van der Waals surface area contributed by atoms with Gasteiger partial charge in [0.1, 0.15) is 0 Å². The molecule has 0 atom stereocenters. The van der Waals surface area contributed by atoms with E-state index < -0.39 is 0 Å². The summed E-state index contributed by atoms with van der Waals surface area (Å²) in [5.41, 5.74) is 6.90. The highest BCUT2D eigenvalue weighted by atomic mass is 14.8. The van der Waals surface area contributed by atoms with Crippen molar-refractivity contribution in [3.63, 3.8) is 0 Å². The largest absolute Gasteiger partial charge is 0.325 e. The molecule has 0 aliphatic heterocycles. The lowest BCUT2D eigenvalue weighted by atomic mass is 9.64. The molecule has 0 bridgehead atoms. The van der Waals surface area contributed by atoms with Crippen LogP contribution in [-0.4, -0.2) is 5.54 Å². The number of nitrogens with two attached hydrogens (primary N) is 1. The van der Waals surface area contributed by atoms with E-state index in [0.29, 0.717) is 5.41 Å². The van der Waals surface area contributed by atoms with Gasteiger partial charge in [-0.1, -0.05) is 40.0 Å². The fourth-order valence-electron chi connectivity index (χ4n) is 2.21. The summed E-state index contributed by atoms with van der Waals surface area (Å²) in [5.74, 6) is 0. The summed E-state index contributed by atoms with van der Waals surface area (Å²) >= 11 is 0. The molecule has 72 valence electrons. The van der Waals surface area contributed by atoms with Gasteiger partial charge in [0.2, 0.25) is 0 Å². The Hall–Kier alpha value is -0.0400. The molecule has 0 amide bonds. The Morgan fingerprint density at radius 3 is 2.08 bits per heavy atom. The van der Waals surface area contributed by atoms with Crippen LogP contribution in [0.1, 0.15) is 59.3 Å². The Morgan fingerprint density at radius 1 is 1.17 bits per heavy atom. The first-order valence-corrected chi connectivity index (χ1v) is 5.31. The monoisotopic (exact) mass is 169 g/mol. The molecule has 0 aromatic carbocycles. The SMILES string of the molecule is CCC(C)(C)C1(N)CCCCC1. The van der Waals surface area contributed by atoms with Gasteiger partial charge in [-0.25, -0.2) is 0 Å². The van der Waals surface area contributed by atoms with Crippen molar-refractivity contribution in [1.29, 1.82) is 0 Å². The zero-order valence-electron chi connectivity index (χ0n) is 8.82. The van der Waals surface area contributed by atoms with E-state index in [4.69, 9.17) is 5.73 Å². The minimum absolute atomic E-state index is 0.125. The fourth-order valence-corrected chi connectivity index (χ4v) is 2.21. The Labute approximate surface area is 76.7 Å². The average Bonchev–Trinajstić information content (AvgIpc) is 2.06. The predicted molar refractivity (Wildman–Crippen MR) is 54.1 cm³/mol. The maximum Gasteiger partial charge on any atom is 0.0205 e. The van der Waals surface area contributed by atoms with Gasteiger partial charge in [0, 0.05) is 5.54 Å². The Balaban J connectivity index is 2.68. The molecule has 1 saturated carbocycles. The van der Waals surface area contributed by atoms with Gasteiger partial charge >= 0.3 is 0 Å². The Morgan fingerprint density at radius 2 is 1.67 bits per heavy atom. The summed E-state index contributed by atoms with van der Waals surface area (Å²) in [6.45, 7) is 6.89. The third-order valence-corrected chi connectivity index (χ3v) is 3.98. The first-order chi connectivity index (χ1) is 5.52. The first-order valence-electron chi connectivity index (χ1n) is 5.31. The molecule has 1 heteroatoms. The van der Waals surface area contributed by atoms with Gasteiger partial charge in [-0.05, 0) is 24.7 Å². The van der Waals surface area contributed by atoms with Crippen molar-refractivity contribution in [2.45, 2.75) is 64.8 Å². The van der Waals surface area contributed by atoms with Gasteiger partial charge in [-0.3, -0.25) is 0 Å². The summed E-state index contributed by atoms with van der Waals surface area (Å²) in [4.78, 5) is 0. The van der Waals surface area contributed by atoms with E-state index >= 15 is 0 Å². The maximum absolute atomic E-state index is 6.45. The van der Waals surface area contributed by atoms with Crippen molar-refractivity contribution >= 4 is 0 Å². The second-order valence-electron chi connectivity index (χ2n) is 4.95. The van der Waals surface area contributed by atoms with Gasteiger partial charge in [0.25, 0.3) is 0 Å². The van der Waals surface area contributed by atoms with Gasteiger partial charge < -0.3 is 5.73 Å². The van der Waals surface area contributed by atoms with E-state index in [1.165, 1.54) is 38.5 Å². The highest BCUT2D eigenvalue weighted by Gasteiger charge is 2.40. The summed E-state index contributed by atoms with van der Waals surface area (Å²) in [5, 5.41) is 0. The minimum Gasteiger partial charge on any atom is -0.325 e. The van der Waals surface area contributed by atoms with Crippen LogP contribution in [0, 0.1) is 5.41 Å². The van der Waals surface area contributed by atoms with Gasteiger partial charge in [-0.2, -0.15) is 0 Å². The van der Waals surface area contributed by atoms with Crippen molar-refractivity contribution in [3.05, 3.63) is 0 Å². The topological polar surface area (TPSA) is 26.0 Å². The zero-order valence-corrected chi connectivity index (χ0v) is 8.82. The molecule has 0 spiro atoms. The third-order valence-electron chi connectivity index (χ3n) is 3.98. The summed E-state index contributed by atoms with van der Waals surface area (Å²) in [6.07, 6.45) is 7.71. The van der Waals surface area contributed by atoms with Crippen molar-refractivity contribution in [3.8, 4) is 0 Å². The molecule has 2 N–H and O–H groups in total. The van der Waals surface area contributed by atoms with E-state index in [0.717, 1.165) is 0 Å². The second-order valence-corrected chi connectivity index (χ2v) is 4.95. The lowest BCUT2D eigenvalue weighted by molar-refractivity contribution is 0.110. The van der Waals surface area contributed by atoms with Crippen molar-refractivity contribution in [2.75, 3.05) is 0 Å². The molecule has 0 heterocycles. The highest BCUT2D eigenvalue weighted by Crippen LogP contribution is 2.42. The van der Waals surface area contributed by atoms with Gasteiger partial charge in [0.15, 0.2) is 0 Å². The van der Waals surface area contributed by atoms with Crippen LogP contribution in [0.2, 0.25) is 0 Å². The van der Waals surface area contributed by atoms with Crippen LogP contribution >= 0.6 is 0 Å². The molecule has 1 fully saturated rings. The summed E-state index contributed by atoms with van der Waals surface area (Å²) in [7, 11) is 0. The number of hydrogen-bond donors (Lipinski definition) is 1. The van der Waals surface area contributed by atoms with Crippen LogP contribution in [0.15, 0.2) is 0 Å². The molecule has 1 aliphatic carbocycles. The molecular weight excluding hydrogens is 146 g/mol. The van der Waals surface area contributed by atoms with Crippen molar-refractivity contribution in [1.82, 2.24) is 0 Å². The normalized spacial score (nSPS) is 24.0. The van der Waals surface area contributed by atoms with Crippen LogP contribution < -0.4 is 5.73 Å². The molecular formula is C11H23N. The minimum atomic E-state index is 0.125. The molecule has 0 saturated heterocycles. The standard InChI is InChI=1S/C11H23N/c1-4-10(2,3)11(12)8-6-5-7-9-11/h4-9,12H2,1-3H3. The Bertz CT molecular complexity index is 143. The molecule has 0 aromatic rings. The van der Waals surface area contributed by atoms with E-state index in [1.54, 1.807) is 0 Å². The number of hydrogen-bond acceptors (Lipinski definition) is 1. The van der Waals surface area contributed by atoms with E-state index in [2.05, 4.69) is 20.8 Å². The van der Waals surface area contributed by atoms with Crippen molar-refractivity contribution in [2.24, 2.45) is 11.1 Å². The molecule has 12 heavy (non-hydrogen) atoms. The van der Waals surface area contributed by atoms with Gasteiger partial charge in [-0.15, -0.1) is 0 Å². The van der Waals surface area contributed by atoms with E-state index in [-0.39, 0.29) is 5.54 Å². The molecule has 1 rings (SSSR count). The van der Waals surface area contributed by atoms with Crippen LogP contribution in [0.25, 0.3) is 0 Å². The van der Waals surface area contributed by atoms with E-state index in [1.807, 2.05) is 0 Å². The van der Waals surface area contributed by atoms with Gasteiger partial charge in [0.05, 0.1) is 0 Å². The van der Waals surface area contributed by atoms with Crippen LogP contribution in [0.5, 0.6) is 0 Å². The number of rotatable bonds is 2. The Kier molecular flexibility index (Phi) is 2.82. The fraction of sp³-hybridized carbons (Fsp3) is 1.00. The molecule has 0 radical (unpaired) electrons. The maximum atomic E-state index is 6.45. The quantitative estimate of drug-likeness (QED) is 0.675. The average molecular weight is 169 g/mol. The smallest absolute Gasteiger partial charge is 0.0205 e. The molecule has 0 unspecified atom stereocenters. The highest BCUT2D eigenvalue weighted by molar-refractivity contribution is 4.98. The first kappa shape index (κ1) is 10.0. The lowest BCUT2D eigenvalue weighted by Crippen LogP contribution is -2.53. The molecule has 0 aromatic heterocycles. The van der Waals surface area contributed by atoms with E-state index in [9.17, 15) is 0 Å². The predicted octanol–water partition coefficient (Wildman–Crippen LogP) is 3.08. The summed E-state index contributed by atoms with van der Waals surface area (Å²) < 4.78 is 0. The third kappa shape index (κ3) is 1.66. The second kappa shape index (κ2) is 3.37. The zero-order chi connectivity index (χ0) is 9.24. The lowest BCUT2D eigenvalue weighted by Gasteiger charge is -2.46. The van der Waals surface area contributed by atoms with Crippen molar-refractivity contribution < 1.29 is 0 Å². The summed E-state index contributed by atoms with van der Waals surface area (Å²) in [6, 6.07) is 0. The molecule has 1 aliphatic rings. The van der Waals surface area contributed by atoms with Crippen LogP contribution in [0.3, 0.4) is 0 Å².